The Balaban J connectivity index is 0. The van der Waals surface area contributed by atoms with Gasteiger partial charge in [0.2, 0.25) is 0 Å². The van der Waals surface area contributed by atoms with Gasteiger partial charge in [-0.2, -0.15) is 0 Å². The van der Waals surface area contributed by atoms with E-state index in [-0.39, 0.29) is 23.1 Å². The van der Waals surface area contributed by atoms with Gasteiger partial charge >= 0.3 is 6.09 Å². The lowest BCUT2D eigenvalue weighted by atomic mass is 10.2. The van der Waals surface area contributed by atoms with Crippen LogP contribution in [0.5, 0.6) is 0 Å². The Morgan fingerprint density at radius 2 is 2.00 bits per heavy atom. The van der Waals surface area contributed by atoms with E-state index >= 15 is 0 Å². The van der Waals surface area contributed by atoms with E-state index in [2.05, 4.69) is 14.6 Å². The van der Waals surface area contributed by atoms with Gasteiger partial charge in [0.1, 0.15) is 5.60 Å². The van der Waals surface area contributed by atoms with Crippen LogP contribution < -0.4 is 5.32 Å². The molecule has 1 amide bonds. The first-order chi connectivity index (χ1) is 4.95. The average Bonchev–Trinajstić information content (AvgIpc) is 1.79. The number of amides is 1. The molecule has 1 unspecified atom stereocenters. The lowest BCUT2D eigenvalue weighted by Crippen LogP contribution is -2.33. The van der Waals surface area contributed by atoms with E-state index in [4.69, 9.17) is 4.74 Å². The third-order valence-electron chi connectivity index (χ3n) is 0.813. The van der Waals surface area contributed by atoms with Gasteiger partial charge in [-0.15, -0.1) is 26.2 Å². The summed E-state index contributed by atoms with van der Waals surface area (Å²) in [6.07, 6.45) is 0.499. The summed E-state index contributed by atoms with van der Waals surface area (Å²) in [5.41, 5.74) is -0.398. The zero-order chi connectivity index (χ0) is 8.91. The van der Waals surface area contributed by atoms with E-state index < -0.39 is 5.60 Å². The number of ether oxygens (including phenoxy) is 1. The van der Waals surface area contributed by atoms with Crippen LogP contribution in [0.2, 0.25) is 0 Å². The first-order valence-electron chi connectivity index (χ1n) is 3.62. The van der Waals surface area contributed by atoms with Crippen LogP contribution in [-0.2, 0) is 4.74 Å². The van der Waals surface area contributed by atoms with E-state index in [0.29, 0.717) is 6.54 Å². The van der Waals surface area contributed by atoms with Gasteiger partial charge in [0.25, 0.3) is 0 Å². The van der Waals surface area contributed by atoms with E-state index in [1.54, 1.807) is 0 Å². The van der Waals surface area contributed by atoms with Crippen molar-refractivity contribution in [2.24, 2.45) is 0 Å². The monoisotopic (exact) mass is 257 g/mol. The highest BCUT2D eigenvalue weighted by Crippen LogP contribution is 2.05. The van der Waals surface area contributed by atoms with Gasteiger partial charge < -0.3 is 10.1 Å². The summed E-state index contributed by atoms with van der Waals surface area (Å²) in [5.74, 6) is 0. The first-order valence-corrected chi connectivity index (χ1v) is 4.44. The molecule has 12 heavy (non-hydrogen) atoms. The Kier molecular flexibility index (Phi) is 8.17. The Labute approximate surface area is 86.6 Å². The second-order valence-electron chi connectivity index (χ2n) is 3.22. The summed E-state index contributed by atoms with van der Waals surface area (Å²) >= 11 is 0. The van der Waals surface area contributed by atoms with Crippen molar-refractivity contribution in [3.63, 3.8) is 0 Å². The highest BCUT2D eigenvalue weighted by Gasteiger charge is 2.14. The molecule has 0 aliphatic heterocycles. The predicted octanol–water partition coefficient (Wildman–Crippen LogP) is 1.96. The minimum atomic E-state index is -0.398. The molecule has 0 radical (unpaired) electrons. The third kappa shape index (κ3) is 10.2. The van der Waals surface area contributed by atoms with Crippen molar-refractivity contribution in [1.82, 2.24) is 5.32 Å². The Morgan fingerprint density at radius 1 is 1.50 bits per heavy atom. The van der Waals surface area contributed by atoms with Crippen LogP contribution in [0.4, 0.5) is 4.79 Å². The second-order valence-corrected chi connectivity index (χ2v) is 3.79. The van der Waals surface area contributed by atoms with Crippen molar-refractivity contribution in [2.45, 2.75) is 26.4 Å². The fraction of sp³-hybridized carbons (Fsp3) is 0.857. The molecular weight excluding hydrogens is 241 g/mol. The molecule has 1 atom stereocenters. The molecule has 0 rings (SSSR count). The van der Waals surface area contributed by atoms with Crippen molar-refractivity contribution in [3.8, 4) is 0 Å². The maximum absolute atomic E-state index is 10.9. The Morgan fingerprint density at radius 3 is 2.33 bits per heavy atom. The number of carbonyl (C=O) groups is 1. The maximum atomic E-state index is 10.9. The van der Waals surface area contributed by atoms with E-state index in [1.165, 1.54) is 0 Å². The van der Waals surface area contributed by atoms with Gasteiger partial charge in [0.05, 0.1) is 0 Å². The highest BCUT2D eigenvalue weighted by atomic mass is 79.9. The molecule has 0 aromatic carbocycles. The van der Waals surface area contributed by atoms with E-state index in [0.717, 1.165) is 6.16 Å². The van der Waals surface area contributed by atoms with Crippen molar-refractivity contribution >= 4 is 32.3 Å². The molecule has 0 aliphatic carbocycles. The SMILES string of the molecule is Br.CC(C)(C)OC(=O)NCCP. The van der Waals surface area contributed by atoms with E-state index in [9.17, 15) is 4.79 Å². The highest BCUT2D eigenvalue weighted by molar-refractivity contribution is 8.93. The molecule has 0 aromatic rings. The predicted molar refractivity (Wildman–Crippen MR) is 59.1 cm³/mol. The number of alkyl carbamates (subject to hydrolysis) is 1. The number of rotatable bonds is 2. The van der Waals surface area contributed by atoms with Crippen LogP contribution in [0, 0.1) is 0 Å². The fourth-order valence-electron chi connectivity index (χ4n) is 0.488. The molecule has 5 heteroatoms. The molecule has 0 saturated heterocycles. The summed E-state index contributed by atoms with van der Waals surface area (Å²) in [6, 6.07) is 0. The minimum Gasteiger partial charge on any atom is -0.444 e. The molecule has 0 aromatic heterocycles. The lowest BCUT2D eigenvalue weighted by Gasteiger charge is -2.19. The smallest absolute Gasteiger partial charge is 0.407 e. The number of carbonyl (C=O) groups excluding carboxylic acids is 1. The van der Waals surface area contributed by atoms with Gasteiger partial charge in [-0.3, -0.25) is 0 Å². The molecule has 0 bridgehead atoms. The summed E-state index contributed by atoms with van der Waals surface area (Å²) in [7, 11) is 2.53. The zero-order valence-electron chi connectivity index (χ0n) is 7.72. The number of nitrogens with one attached hydrogen (secondary N) is 1. The number of hydrogen-bond acceptors (Lipinski definition) is 2. The number of hydrogen-bond donors (Lipinski definition) is 1. The van der Waals surface area contributed by atoms with Crippen molar-refractivity contribution in [3.05, 3.63) is 0 Å². The molecule has 1 N–H and O–H groups in total. The fourth-order valence-corrected chi connectivity index (χ4v) is 0.633. The summed E-state index contributed by atoms with van der Waals surface area (Å²) in [4.78, 5) is 10.9. The molecule has 0 heterocycles. The van der Waals surface area contributed by atoms with Crippen LogP contribution >= 0.6 is 26.2 Å². The topological polar surface area (TPSA) is 38.3 Å². The molecule has 3 nitrogen and oxygen atoms in total. The Hall–Kier alpha value is 0.180. The van der Waals surface area contributed by atoms with Crippen LogP contribution in [0.25, 0.3) is 0 Å². The minimum absolute atomic E-state index is 0. The molecule has 0 fully saturated rings. The van der Waals surface area contributed by atoms with Crippen LogP contribution in [-0.4, -0.2) is 24.4 Å². The average molecular weight is 258 g/mol. The summed E-state index contributed by atoms with van der Waals surface area (Å²) in [5, 5.41) is 2.61. The third-order valence-corrected chi connectivity index (χ3v) is 1.10. The van der Waals surface area contributed by atoms with Gasteiger partial charge in [-0.25, -0.2) is 4.79 Å². The van der Waals surface area contributed by atoms with Gasteiger partial charge in [0.15, 0.2) is 0 Å². The molecule has 0 aliphatic rings. The van der Waals surface area contributed by atoms with Gasteiger partial charge in [0, 0.05) is 6.54 Å². The normalized spacial score (nSPS) is 10.0. The standard InChI is InChI=1S/C7H16NO2P.BrH/c1-7(2,3)10-6(9)8-4-5-11;/h4-5,11H2,1-3H3,(H,8,9);1H. The largest absolute Gasteiger partial charge is 0.444 e. The van der Waals surface area contributed by atoms with Crippen LogP contribution in [0.3, 0.4) is 0 Å². The number of halogens is 1. The zero-order valence-corrected chi connectivity index (χ0v) is 10.6. The maximum Gasteiger partial charge on any atom is 0.407 e. The summed E-state index contributed by atoms with van der Waals surface area (Å²) in [6.45, 7) is 6.16. The Bertz CT molecular complexity index is 136. The summed E-state index contributed by atoms with van der Waals surface area (Å²) < 4.78 is 4.98. The van der Waals surface area contributed by atoms with E-state index in [1.807, 2.05) is 20.8 Å². The van der Waals surface area contributed by atoms with Crippen molar-refractivity contribution in [1.29, 1.82) is 0 Å². The van der Waals surface area contributed by atoms with Gasteiger partial charge in [-0.1, -0.05) is 0 Å². The molecule has 74 valence electrons. The van der Waals surface area contributed by atoms with Crippen molar-refractivity contribution < 1.29 is 9.53 Å². The first kappa shape index (κ1) is 14.7. The van der Waals surface area contributed by atoms with Crippen molar-refractivity contribution in [2.75, 3.05) is 12.7 Å². The molecular formula is C7H17BrNO2P. The lowest BCUT2D eigenvalue weighted by molar-refractivity contribution is 0.0531. The van der Waals surface area contributed by atoms with Crippen LogP contribution in [0.1, 0.15) is 20.8 Å². The molecule has 0 saturated carbocycles. The van der Waals surface area contributed by atoms with Crippen LogP contribution in [0.15, 0.2) is 0 Å². The quantitative estimate of drug-likeness (QED) is 0.769. The molecule has 0 spiro atoms. The second kappa shape index (κ2) is 6.67. The van der Waals surface area contributed by atoms with Gasteiger partial charge in [-0.05, 0) is 26.9 Å².